The van der Waals surface area contributed by atoms with Crippen LogP contribution in [0.5, 0.6) is 11.8 Å². The lowest BCUT2D eigenvalue weighted by Gasteiger charge is -2.49. The number of anilines is 2. The highest BCUT2D eigenvalue weighted by atomic mass is 35.5. The van der Waals surface area contributed by atoms with E-state index in [2.05, 4.69) is 62.3 Å². The van der Waals surface area contributed by atoms with Crippen LogP contribution in [0.3, 0.4) is 0 Å². The summed E-state index contributed by atoms with van der Waals surface area (Å²) >= 11 is 6.81. The van der Waals surface area contributed by atoms with Crippen LogP contribution in [0.25, 0.3) is 10.8 Å². The van der Waals surface area contributed by atoms with E-state index < -0.39 is 20.3 Å². The van der Waals surface area contributed by atoms with Gasteiger partial charge in [0, 0.05) is 56.0 Å². The van der Waals surface area contributed by atoms with E-state index in [9.17, 15) is 4.39 Å². The molecule has 1 unspecified atom stereocenters. The van der Waals surface area contributed by atoms with Crippen molar-refractivity contribution in [1.82, 2.24) is 14.9 Å². The first-order valence-corrected chi connectivity index (χ1v) is 22.5. The molecule has 0 amide bonds. The quantitative estimate of drug-likeness (QED) is 0.189. The van der Waals surface area contributed by atoms with Crippen molar-refractivity contribution in [3.05, 3.63) is 46.4 Å². The fourth-order valence-electron chi connectivity index (χ4n) is 10.8. The van der Waals surface area contributed by atoms with E-state index in [0.717, 1.165) is 92.2 Å². The standard InChI is InChI=1S/C41H56ClF2N5O3Si/c1-26(2)53(27(3)4,28(5)6)52-31-19-29-9-10-33(44)37(42)36(29)35(20-31)47-17-11-32-34(23-47)45-39(50-25-40-12-7-16-49(40)22-30(43)21-40)46-38(32)48-15-8-13-41(24-48)14-18-51-41/h9-10,19-20,26-28,30H,7-8,11-18,21-25H2,1-6H3/t30-,40+,41?/m1/s1. The van der Waals surface area contributed by atoms with Gasteiger partial charge in [-0.2, -0.15) is 9.97 Å². The molecule has 0 N–H and O–H groups in total. The Balaban J connectivity index is 1.18. The van der Waals surface area contributed by atoms with Crippen molar-refractivity contribution in [3.63, 3.8) is 0 Å². The highest BCUT2D eigenvalue weighted by Gasteiger charge is 2.50. The van der Waals surface area contributed by atoms with Crippen molar-refractivity contribution in [2.24, 2.45) is 0 Å². The first-order chi connectivity index (χ1) is 25.3. The number of benzene rings is 2. The minimum atomic E-state index is -2.30. The van der Waals surface area contributed by atoms with Crippen molar-refractivity contribution in [3.8, 4) is 11.8 Å². The second kappa shape index (κ2) is 14.1. The van der Waals surface area contributed by atoms with Crippen LogP contribution < -0.4 is 19.0 Å². The zero-order valence-electron chi connectivity index (χ0n) is 32.3. The topological polar surface area (TPSA) is 63.2 Å². The second-order valence-electron chi connectivity index (χ2n) is 17.4. The van der Waals surface area contributed by atoms with Gasteiger partial charge in [0.15, 0.2) is 0 Å². The van der Waals surface area contributed by atoms with Gasteiger partial charge in [-0.3, -0.25) is 4.90 Å². The first kappa shape index (κ1) is 37.2. The Morgan fingerprint density at radius 2 is 1.74 bits per heavy atom. The number of fused-ring (bicyclic) bond motifs is 3. The van der Waals surface area contributed by atoms with Crippen molar-refractivity contribution < 1.29 is 22.7 Å². The van der Waals surface area contributed by atoms with Gasteiger partial charge in [-0.15, -0.1) is 0 Å². The number of hydrogen-bond acceptors (Lipinski definition) is 8. The number of piperidine rings is 1. The van der Waals surface area contributed by atoms with Gasteiger partial charge in [-0.1, -0.05) is 59.2 Å². The van der Waals surface area contributed by atoms with Gasteiger partial charge in [0.1, 0.15) is 30.2 Å². The van der Waals surface area contributed by atoms with Crippen LogP contribution in [0.15, 0.2) is 24.3 Å². The summed E-state index contributed by atoms with van der Waals surface area (Å²) in [6, 6.07) is 7.71. The summed E-state index contributed by atoms with van der Waals surface area (Å²) in [6.07, 6.45) is 5.49. The number of aromatic nitrogens is 2. The lowest BCUT2D eigenvalue weighted by atomic mass is 9.85. The first-order valence-electron chi connectivity index (χ1n) is 20.0. The Morgan fingerprint density at radius 3 is 2.45 bits per heavy atom. The molecule has 3 atom stereocenters. The average molecular weight is 768 g/mol. The molecule has 288 valence electrons. The molecule has 53 heavy (non-hydrogen) atoms. The number of halogens is 3. The van der Waals surface area contributed by atoms with Crippen LogP contribution in [0, 0.1) is 5.82 Å². The smallest absolute Gasteiger partial charge is 0.318 e. The predicted octanol–water partition coefficient (Wildman–Crippen LogP) is 9.25. The third-order valence-corrected chi connectivity index (χ3v) is 19.7. The summed E-state index contributed by atoms with van der Waals surface area (Å²) in [5.41, 5.74) is 3.62. The number of ether oxygens (including phenoxy) is 2. The molecule has 0 bridgehead atoms. The SMILES string of the molecule is CC(C)[Si](Oc1cc(N2CCc3c(nc(OC[C@@]45CCCN4C[C@H](F)C5)nc3N3CCCC4(CCO4)C3)C2)c2c(Cl)c(F)ccc2c1)(C(C)C)C(C)C. The lowest BCUT2D eigenvalue weighted by Crippen LogP contribution is -2.56. The molecule has 2 aromatic carbocycles. The van der Waals surface area contributed by atoms with Gasteiger partial charge in [0.05, 0.1) is 40.7 Å². The molecule has 4 fully saturated rings. The number of nitrogens with zero attached hydrogens (tertiary/aromatic N) is 5. The number of alkyl halides is 1. The van der Waals surface area contributed by atoms with E-state index in [1.54, 1.807) is 0 Å². The maximum atomic E-state index is 15.2. The molecule has 6 heterocycles. The Labute approximate surface area is 319 Å². The molecule has 8 nitrogen and oxygen atoms in total. The summed E-state index contributed by atoms with van der Waals surface area (Å²) in [7, 11) is -2.30. The minimum Gasteiger partial charge on any atom is -0.543 e. The fraction of sp³-hybridized carbons (Fsp3) is 0.659. The van der Waals surface area contributed by atoms with Crippen LogP contribution in [0.4, 0.5) is 20.3 Å². The summed E-state index contributed by atoms with van der Waals surface area (Å²) < 4.78 is 49.8. The Kier molecular flexibility index (Phi) is 9.89. The largest absolute Gasteiger partial charge is 0.543 e. The maximum absolute atomic E-state index is 15.2. The number of hydrogen-bond donors (Lipinski definition) is 0. The molecule has 1 aromatic heterocycles. The van der Waals surface area contributed by atoms with Gasteiger partial charge >= 0.3 is 6.01 Å². The van der Waals surface area contributed by atoms with Crippen molar-refractivity contribution in [2.45, 2.75) is 127 Å². The molecule has 5 aliphatic heterocycles. The molecule has 3 aromatic rings. The molecular weight excluding hydrogens is 712 g/mol. The monoisotopic (exact) mass is 767 g/mol. The lowest BCUT2D eigenvalue weighted by molar-refractivity contribution is -0.151. The normalized spacial score (nSPS) is 26.2. The van der Waals surface area contributed by atoms with Crippen LogP contribution in [-0.2, 0) is 17.7 Å². The van der Waals surface area contributed by atoms with E-state index in [1.165, 1.54) is 6.07 Å². The molecule has 1 spiro atoms. The minimum absolute atomic E-state index is 0.109. The fourth-order valence-corrected chi connectivity index (χ4v) is 16.3. The third kappa shape index (κ3) is 6.49. The van der Waals surface area contributed by atoms with Gasteiger partial charge in [-0.05, 0) is 72.8 Å². The van der Waals surface area contributed by atoms with Crippen molar-refractivity contribution >= 4 is 42.2 Å². The van der Waals surface area contributed by atoms with Crippen LogP contribution in [-0.4, -0.2) is 86.4 Å². The molecule has 12 heteroatoms. The molecule has 4 saturated heterocycles. The van der Waals surface area contributed by atoms with Gasteiger partial charge < -0.3 is 23.7 Å². The maximum Gasteiger partial charge on any atom is 0.318 e. The van der Waals surface area contributed by atoms with Crippen molar-refractivity contribution in [1.29, 1.82) is 0 Å². The van der Waals surface area contributed by atoms with E-state index in [0.29, 0.717) is 67.1 Å². The van der Waals surface area contributed by atoms with Gasteiger partial charge in [0.25, 0.3) is 8.32 Å². The van der Waals surface area contributed by atoms with Crippen LogP contribution in [0.1, 0.15) is 91.3 Å². The summed E-state index contributed by atoms with van der Waals surface area (Å²) in [5, 5.41) is 1.65. The summed E-state index contributed by atoms with van der Waals surface area (Å²) in [4.78, 5) is 17.1. The molecule has 0 saturated carbocycles. The van der Waals surface area contributed by atoms with E-state index in [1.807, 2.05) is 12.1 Å². The Bertz CT molecular complexity index is 1840. The molecule has 0 radical (unpaired) electrons. The summed E-state index contributed by atoms with van der Waals surface area (Å²) in [5.74, 6) is 1.28. The van der Waals surface area contributed by atoms with Gasteiger partial charge in [0.2, 0.25) is 0 Å². The summed E-state index contributed by atoms with van der Waals surface area (Å²) in [6.45, 7) is 19.1. The zero-order valence-corrected chi connectivity index (χ0v) is 34.1. The van der Waals surface area contributed by atoms with E-state index >= 15 is 4.39 Å². The van der Waals surface area contributed by atoms with E-state index in [-0.39, 0.29) is 16.2 Å². The highest BCUT2D eigenvalue weighted by Crippen LogP contribution is 2.47. The third-order valence-electron chi connectivity index (χ3n) is 13.4. The average Bonchev–Trinajstić information content (AvgIpc) is 3.64. The Morgan fingerprint density at radius 1 is 0.981 bits per heavy atom. The molecule has 5 aliphatic rings. The molecule has 8 rings (SSSR count). The predicted molar refractivity (Wildman–Crippen MR) is 211 cm³/mol. The van der Waals surface area contributed by atoms with Gasteiger partial charge in [-0.25, -0.2) is 8.78 Å². The highest BCUT2D eigenvalue weighted by molar-refractivity contribution is 6.78. The number of rotatable bonds is 10. The molecular formula is C41H56ClF2N5O3Si. The van der Waals surface area contributed by atoms with Crippen molar-refractivity contribution in [2.75, 3.05) is 55.7 Å². The molecule has 0 aliphatic carbocycles. The van der Waals surface area contributed by atoms with Crippen LogP contribution >= 0.6 is 11.6 Å². The Hall–Kier alpha value is -2.73. The second-order valence-corrected chi connectivity index (χ2v) is 23.2. The zero-order chi connectivity index (χ0) is 37.3. The van der Waals surface area contributed by atoms with E-state index in [4.69, 9.17) is 35.5 Å². The van der Waals surface area contributed by atoms with Crippen LogP contribution in [0.2, 0.25) is 21.6 Å².